The Balaban J connectivity index is 1.89. The minimum atomic E-state index is -0.424. The van der Waals surface area contributed by atoms with Crippen molar-refractivity contribution in [1.29, 1.82) is 0 Å². The molecular weight excluding hydrogens is 318 g/mol. The van der Waals surface area contributed by atoms with Gasteiger partial charge in [0.15, 0.2) is 0 Å². The van der Waals surface area contributed by atoms with Crippen LogP contribution in [0.2, 0.25) is 5.02 Å². The van der Waals surface area contributed by atoms with E-state index in [4.69, 9.17) is 16.3 Å². The number of hydrogen-bond acceptors (Lipinski definition) is 5. The zero-order valence-electron chi connectivity index (χ0n) is 13.6. The second-order valence-electron chi connectivity index (χ2n) is 5.82. The maximum atomic E-state index is 11.4. The number of esters is 1. The highest BCUT2D eigenvalue weighted by molar-refractivity contribution is 6.32. The molecule has 2 atom stereocenters. The summed E-state index contributed by atoms with van der Waals surface area (Å²) in [7, 11) is 1.33. The quantitative estimate of drug-likeness (QED) is 0.806. The van der Waals surface area contributed by atoms with Crippen LogP contribution in [-0.4, -0.2) is 54.9 Å². The molecule has 1 saturated heterocycles. The Bertz CT molecular complexity index is 535. The number of likely N-dealkylation sites (tertiary alicyclic amines) is 1. The number of piperidine rings is 1. The number of benzene rings is 1. The van der Waals surface area contributed by atoms with Crippen LogP contribution in [0.3, 0.4) is 0 Å². The van der Waals surface area contributed by atoms with E-state index >= 15 is 0 Å². The summed E-state index contributed by atoms with van der Waals surface area (Å²) in [5.74, 6) is 0.122. The molecule has 0 bridgehead atoms. The lowest BCUT2D eigenvalue weighted by atomic mass is 9.98. The lowest BCUT2D eigenvalue weighted by molar-refractivity contribution is 0.0293. The molecule has 6 heteroatoms. The molecule has 1 aromatic rings. The van der Waals surface area contributed by atoms with E-state index in [2.05, 4.69) is 9.64 Å². The summed E-state index contributed by atoms with van der Waals surface area (Å²) in [5, 5.41) is 10.3. The van der Waals surface area contributed by atoms with Gasteiger partial charge in [-0.25, -0.2) is 4.79 Å². The lowest BCUT2D eigenvalue weighted by Gasteiger charge is -2.37. The Kier molecular flexibility index (Phi) is 6.69. The maximum Gasteiger partial charge on any atom is 0.337 e. The molecule has 2 unspecified atom stereocenters. The van der Waals surface area contributed by atoms with E-state index in [9.17, 15) is 9.90 Å². The van der Waals surface area contributed by atoms with Gasteiger partial charge in [-0.1, -0.05) is 18.0 Å². The van der Waals surface area contributed by atoms with Crippen LogP contribution in [0.5, 0.6) is 5.75 Å². The van der Waals surface area contributed by atoms with Gasteiger partial charge >= 0.3 is 5.97 Å². The van der Waals surface area contributed by atoms with Crippen molar-refractivity contribution in [3.8, 4) is 5.75 Å². The molecule has 1 aliphatic rings. The van der Waals surface area contributed by atoms with Crippen molar-refractivity contribution < 1.29 is 19.4 Å². The van der Waals surface area contributed by atoms with Crippen LogP contribution < -0.4 is 4.74 Å². The van der Waals surface area contributed by atoms with E-state index in [0.717, 1.165) is 32.4 Å². The van der Waals surface area contributed by atoms with Crippen molar-refractivity contribution in [1.82, 2.24) is 4.90 Å². The van der Waals surface area contributed by atoms with E-state index in [1.54, 1.807) is 18.2 Å². The normalized spacial score (nSPS) is 20.1. The summed E-state index contributed by atoms with van der Waals surface area (Å²) >= 11 is 6.14. The number of carbonyl (C=O) groups excluding carboxylic acids is 1. The molecule has 0 radical (unpaired) electrons. The van der Waals surface area contributed by atoms with Gasteiger partial charge in [-0.05, 0) is 44.5 Å². The number of hydrogen-bond donors (Lipinski definition) is 1. The predicted molar refractivity (Wildman–Crippen MR) is 89.2 cm³/mol. The molecule has 1 aromatic carbocycles. The third-order valence-corrected chi connectivity index (χ3v) is 4.51. The summed E-state index contributed by atoms with van der Waals surface area (Å²) in [6, 6.07) is 5.05. The molecule has 128 valence electrons. The second-order valence-corrected chi connectivity index (χ2v) is 6.23. The van der Waals surface area contributed by atoms with Crippen LogP contribution in [0.15, 0.2) is 18.2 Å². The number of carbonyl (C=O) groups is 1. The smallest absolute Gasteiger partial charge is 0.337 e. The first-order valence-electron chi connectivity index (χ1n) is 7.95. The number of methoxy groups -OCH3 is 1. The summed E-state index contributed by atoms with van der Waals surface area (Å²) in [5.41, 5.74) is 0.398. The average Bonchev–Trinajstić information content (AvgIpc) is 2.55. The monoisotopic (exact) mass is 341 g/mol. The SMILES string of the molecule is COC(=O)c1ccc(OCCN2CCCCC2C(C)O)c(Cl)c1. The Morgan fingerprint density at radius 3 is 2.91 bits per heavy atom. The third kappa shape index (κ3) is 4.83. The van der Waals surface area contributed by atoms with Crippen molar-refractivity contribution in [3.05, 3.63) is 28.8 Å². The van der Waals surface area contributed by atoms with Crippen LogP contribution in [0, 0.1) is 0 Å². The van der Waals surface area contributed by atoms with Gasteiger partial charge in [0.25, 0.3) is 0 Å². The molecule has 1 aliphatic heterocycles. The highest BCUT2D eigenvalue weighted by Crippen LogP contribution is 2.26. The predicted octanol–water partition coefficient (Wildman–Crippen LogP) is 2.74. The van der Waals surface area contributed by atoms with Crippen LogP contribution in [0.25, 0.3) is 0 Å². The largest absolute Gasteiger partial charge is 0.491 e. The first-order valence-corrected chi connectivity index (χ1v) is 8.33. The van der Waals surface area contributed by atoms with Crippen molar-refractivity contribution in [2.75, 3.05) is 26.8 Å². The average molecular weight is 342 g/mol. The molecule has 0 spiro atoms. The lowest BCUT2D eigenvalue weighted by Crippen LogP contribution is -2.47. The molecule has 0 aromatic heterocycles. The summed E-state index contributed by atoms with van der Waals surface area (Å²) in [6.07, 6.45) is 3.00. The van der Waals surface area contributed by atoms with Gasteiger partial charge in [0.2, 0.25) is 0 Å². The number of nitrogens with zero attached hydrogens (tertiary/aromatic N) is 1. The number of ether oxygens (including phenoxy) is 2. The molecular formula is C17H24ClNO4. The van der Waals surface area contributed by atoms with Crippen molar-refractivity contribution in [2.24, 2.45) is 0 Å². The zero-order chi connectivity index (χ0) is 16.8. The molecule has 0 aliphatic carbocycles. The summed E-state index contributed by atoms with van der Waals surface area (Å²) < 4.78 is 10.4. The van der Waals surface area contributed by atoms with Crippen LogP contribution in [0.1, 0.15) is 36.5 Å². The molecule has 1 heterocycles. The number of aliphatic hydroxyl groups excluding tert-OH is 1. The number of aliphatic hydroxyl groups is 1. The van der Waals surface area contributed by atoms with Gasteiger partial charge in [-0.15, -0.1) is 0 Å². The fourth-order valence-corrected chi connectivity index (χ4v) is 3.21. The number of rotatable bonds is 6. The molecule has 1 N–H and O–H groups in total. The van der Waals surface area contributed by atoms with E-state index in [1.165, 1.54) is 7.11 Å². The topological polar surface area (TPSA) is 59.0 Å². The van der Waals surface area contributed by atoms with E-state index < -0.39 is 5.97 Å². The first-order chi connectivity index (χ1) is 11.0. The van der Waals surface area contributed by atoms with Gasteiger partial charge in [0.1, 0.15) is 12.4 Å². The fourth-order valence-electron chi connectivity index (χ4n) is 2.98. The minimum Gasteiger partial charge on any atom is -0.491 e. The van der Waals surface area contributed by atoms with Gasteiger partial charge in [-0.3, -0.25) is 4.90 Å². The van der Waals surface area contributed by atoms with Crippen LogP contribution in [0.4, 0.5) is 0 Å². The van der Waals surface area contributed by atoms with Crippen molar-refractivity contribution in [3.63, 3.8) is 0 Å². The van der Waals surface area contributed by atoms with E-state index in [-0.39, 0.29) is 12.1 Å². The van der Waals surface area contributed by atoms with Gasteiger partial charge in [0, 0.05) is 12.6 Å². The van der Waals surface area contributed by atoms with E-state index in [0.29, 0.717) is 22.9 Å². The standard InChI is InChI=1S/C17H24ClNO4/c1-12(20)15-5-3-4-8-19(15)9-10-23-16-7-6-13(11-14(16)18)17(21)22-2/h6-7,11-12,15,20H,3-5,8-10H2,1-2H3. The zero-order valence-corrected chi connectivity index (χ0v) is 14.4. The highest BCUT2D eigenvalue weighted by atomic mass is 35.5. The van der Waals surface area contributed by atoms with Crippen LogP contribution >= 0.6 is 11.6 Å². The van der Waals surface area contributed by atoms with Gasteiger partial charge < -0.3 is 14.6 Å². The highest BCUT2D eigenvalue weighted by Gasteiger charge is 2.25. The fraction of sp³-hybridized carbons (Fsp3) is 0.588. The maximum absolute atomic E-state index is 11.4. The number of halogens is 1. The molecule has 0 saturated carbocycles. The molecule has 0 amide bonds. The molecule has 23 heavy (non-hydrogen) atoms. The summed E-state index contributed by atoms with van der Waals surface area (Å²) in [6.45, 7) is 4.05. The Hall–Kier alpha value is -1.30. The Morgan fingerprint density at radius 1 is 1.48 bits per heavy atom. The molecule has 2 rings (SSSR count). The molecule has 1 fully saturated rings. The third-order valence-electron chi connectivity index (χ3n) is 4.21. The minimum absolute atomic E-state index is 0.199. The molecule has 5 nitrogen and oxygen atoms in total. The Labute approximate surface area is 142 Å². The second kappa shape index (κ2) is 8.52. The summed E-state index contributed by atoms with van der Waals surface area (Å²) in [4.78, 5) is 13.7. The van der Waals surface area contributed by atoms with Crippen LogP contribution in [-0.2, 0) is 4.74 Å². The van der Waals surface area contributed by atoms with Gasteiger partial charge in [-0.2, -0.15) is 0 Å². The van der Waals surface area contributed by atoms with Gasteiger partial charge in [0.05, 0.1) is 23.8 Å². The van der Waals surface area contributed by atoms with Crippen molar-refractivity contribution in [2.45, 2.75) is 38.3 Å². The Morgan fingerprint density at radius 2 is 2.26 bits per heavy atom. The van der Waals surface area contributed by atoms with Crippen molar-refractivity contribution >= 4 is 17.6 Å². The van der Waals surface area contributed by atoms with E-state index in [1.807, 2.05) is 6.92 Å². The first kappa shape index (κ1) is 18.0.